The molecular weight excluding hydrogens is 522 g/mol. The van der Waals surface area contributed by atoms with E-state index in [1.807, 2.05) is 25.2 Å². The van der Waals surface area contributed by atoms with Crippen molar-refractivity contribution in [3.05, 3.63) is 54.9 Å². The summed E-state index contributed by atoms with van der Waals surface area (Å²) >= 11 is 0. The molecule has 1 saturated heterocycles. The number of ether oxygens (including phenoxy) is 1. The zero-order valence-corrected chi connectivity index (χ0v) is 22.8. The predicted octanol–water partition coefficient (Wildman–Crippen LogP) is 0.763. The van der Waals surface area contributed by atoms with Crippen molar-refractivity contribution in [3.8, 4) is 16.9 Å². The number of nitrogens with zero attached hydrogens (tertiary/aromatic N) is 6. The van der Waals surface area contributed by atoms with E-state index in [9.17, 15) is 18.3 Å². The number of rotatable bonds is 2. The summed E-state index contributed by atoms with van der Waals surface area (Å²) < 4.78 is 37.0. The minimum Gasteiger partial charge on any atom is -0.492 e. The van der Waals surface area contributed by atoms with Gasteiger partial charge in [0.15, 0.2) is 0 Å². The number of amides is 1. The maximum absolute atomic E-state index is 13.2. The molecule has 1 amide bonds. The number of aliphatic hydroxyl groups is 1. The third-order valence-electron chi connectivity index (χ3n) is 7.34. The van der Waals surface area contributed by atoms with Crippen molar-refractivity contribution in [1.82, 2.24) is 34.3 Å². The van der Waals surface area contributed by atoms with Crippen molar-refractivity contribution in [2.45, 2.75) is 23.8 Å². The number of aryl methyl sites for hydroxylation is 1. The Kier molecular flexibility index (Phi) is 7.67. The number of fused-ring (bicyclic) bond motifs is 1. The Morgan fingerprint density at radius 1 is 1.15 bits per heavy atom. The number of carbonyl (C=O) groups excluding carboxylic acids is 1. The Morgan fingerprint density at radius 3 is 2.64 bits per heavy atom. The number of nitrogens with one attached hydrogen (secondary N) is 1. The molecule has 0 radical (unpaired) electrons. The molecule has 1 spiro atoms. The number of sulfonamides is 1. The van der Waals surface area contributed by atoms with Crippen molar-refractivity contribution in [2.24, 2.45) is 12.5 Å². The number of aromatic nitrogens is 4. The van der Waals surface area contributed by atoms with Crippen LogP contribution in [0.15, 0.2) is 54.1 Å². The number of aliphatic hydroxyl groups excluding tert-OH is 1. The third-order valence-corrected chi connectivity index (χ3v) is 8.80. The molecule has 1 atom stereocenters. The molecule has 2 N–H and O–H groups in total. The minimum absolute atomic E-state index is 0.0154. The van der Waals surface area contributed by atoms with Crippen molar-refractivity contribution in [2.75, 3.05) is 46.4 Å². The first kappa shape index (κ1) is 27.2. The fourth-order valence-corrected chi connectivity index (χ4v) is 6.47. The van der Waals surface area contributed by atoms with Gasteiger partial charge >= 0.3 is 0 Å². The Labute approximate surface area is 227 Å². The summed E-state index contributed by atoms with van der Waals surface area (Å²) in [6.07, 6.45) is 8.44. The zero-order chi connectivity index (χ0) is 27.6. The van der Waals surface area contributed by atoms with Crippen molar-refractivity contribution in [1.29, 1.82) is 0 Å². The van der Waals surface area contributed by atoms with Gasteiger partial charge in [-0.25, -0.2) is 18.1 Å². The van der Waals surface area contributed by atoms with Crippen LogP contribution in [0.5, 0.6) is 5.75 Å². The first-order chi connectivity index (χ1) is 18.6. The minimum atomic E-state index is -3.95. The van der Waals surface area contributed by atoms with Crippen molar-refractivity contribution in [3.63, 3.8) is 0 Å². The van der Waals surface area contributed by atoms with Crippen LogP contribution in [0.4, 0.5) is 0 Å². The molecule has 4 heterocycles. The standard InChI is InChI=1S/C26H33N7O5S/c1-31-16-21(34)13-30-39(36,37)24-4-3-19(20-12-29-32(2)15-20)11-23(24)38-18-26(17-31)5-9-33(10-6-26)25(35)22-14-27-7-8-28-22/h3-4,7-8,11-12,14-15,21,30,34H,5-6,9-10,13,16-18H2,1-2H3. The first-order valence-corrected chi connectivity index (χ1v) is 14.3. The molecular formula is C26H33N7O5S. The van der Waals surface area contributed by atoms with Crippen LogP contribution < -0.4 is 9.46 Å². The number of likely N-dealkylation sites (tertiary alicyclic amines) is 1. The highest BCUT2D eigenvalue weighted by Gasteiger charge is 2.39. The lowest BCUT2D eigenvalue weighted by molar-refractivity contribution is 0.0157. The van der Waals surface area contributed by atoms with Crippen LogP contribution in [-0.2, 0) is 17.1 Å². The molecule has 12 nitrogen and oxygen atoms in total. The van der Waals surface area contributed by atoms with Gasteiger partial charge in [-0.2, -0.15) is 5.10 Å². The first-order valence-electron chi connectivity index (χ1n) is 12.8. The Morgan fingerprint density at radius 2 is 1.95 bits per heavy atom. The Balaban J connectivity index is 1.44. The van der Waals surface area contributed by atoms with Gasteiger partial charge in [0.25, 0.3) is 5.91 Å². The van der Waals surface area contributed by atoms with Crippen LogP contribution in [-0.4, -0.2) is 101 Å². The van der Waals surface area contributed by atoms with Gasteiger partial charge in [-0.1, -0.05) is 6.07 Å². The molecule has 208 valence electrons. The highest BCUT2D eigenvalue weighted by molar-refractivity contribution is 7.89. The van der Waals surface area contributed by atoms with Gasteiger partial charge in [0.2, 0.25) is 10.0 Å². The van der Waals surface area contributed by atoms with E-state index in [4.69, 9.17) is 4.74 Å². The number of carbonyl (C=O) groups is 1. The van der Waals surface area contributed by atoms with Crippen LogP contribution >= 0.6 is 0 Å². The molecule has 1 fully saturated rings. The number of piperidine rings is 1. The summed E-state index contributed by atoms with van der Waals surface area (Å²) in [7, 11) is -0.232. The van der Waals surface area contributed by atoms with Gasteiger partial charge in [0.05, 0.1) is 25.1 Å². The molecule has 1 aromatic carbocycles. The number of hydrogen-bond donors (Lipinski definition) is 2. The normalized spacial score (nSPS) is 21.8. The maximum Gasteiger partial charge on any atom is 0.274 e. The van der Waals surface area contributed by atoms with Crippen molar-refractivity contribution >= 4 is 15.9 Å². The molecule has 13 heteroatoms. The summed E-state index contributed by atoms with van der Waals surface area (Å²) in [5, 5.41) is 14.8. The van der Waals surface area contributed by atoms with Crippen LogP contribution in [0.25, 0.3) is 11.1 Å². The second-order valence-electron chi connectivity index (χ2n) is 10.4. The summed E-state index contributed by atoms with van der Waals surface area (Å²) in [4.78, 5) is 24.9. The van der Waals surface area contributed by atoms with E-state index >= 15 is 0 Å². The van der Waals surface area contributed by atoms with E-state index in [1.54, 1.807) is 27.9 Å². The fraction of sp³-hybridized carbons (Fsp3) is 0.462. The number of β-amino-alcohol motifs (C(OH)–C–C–N with tert-alkyl or cyclic N) is 1. The van der Waals surface area contributed by atoms with Gasteiger partial charge in [-0.3, -0.25) is 14.5 Å². The summed E-state index contributed by atoms with van der Waals surface area (Å²) in [5.41, 5.74) is 1.55. The van der Waals surface area contributed by atoms with E-state index in [0.717, 1.165) is 11.1 Å². The van der Waals surface area contributed by atoms with E-state index in [1.165, 1.54) is 24.7 Å². The van der Waals surface area contributed by atoms with Gasteiger partial charge < -0.3 is 19.6 Å². The lowest BCUT2D eigenvalue weighted by atomic mass is 9.78. The average Bonchev–Trinajstić information content (AvgIpc) is 3.37. The smallest absolute Gasteiger partial charge is 0.274 e. The topological polar surface area (TPSA) is 143 Å². The second-order valence-corrected chi connectivity index (χ2v) is 12.2. The average molecular weight is 556 g/mol. The maximum atomic E-state index is 13.2. The quantitative estimate of drug-likeness (QED) is 0.469. The van der Waals surface area contributed by atoms with Gasteiger partial charge in [-0.05, 0) is 37.6 Å². The van der Waals surface area contributed by atoms with Crippen LogP contribution in [0, 0.1) is 5.41 Å². The van der Waals surface area contributed by atoms with E-state index < -0.39 is 16.1 Å². The largest absolute Gasteiger partial charge is 0.492 e. The molecule has 5 rings (SSSR count). The highest BCUT2D eigenvalue weighted by Crippen LogP contribution is 2.37. The van der Waals surface area contributed by atoms with E-state index in [2.05, 4.69) is 19.8 Å². The third kappa shape index (κ3) is 6.11. The monoisotopic (exact) mass is 555 g/mol. The molecule has 0 saturated carbocycles. The Bertz CT molecular complexity index is 1420. The second kappa shape index (κ2) is 11.0. The Hall–Kier alpha value is -3.39. The highest BCUT2D eigenvalue weighted by atomic mass is 32.2. The lowest BCUT2D eigenvalue weighted by Gasteiger charge is -2.44. The number of likely N-dealkylation sites (N-methyl/N-ethyl adjacent to an activating group) is 1. The molecule has 2 aliphatic rings. The van der Waals surface area contributed by atoms with E-state index in [0.29, 0.717) is 44.7 Å². The number of benzene rings is 1. The lowest BCUT2D eigenvalue weighted by Crippen LogP contribution is -2.51. The van der Waals surface area contributed by atoms with Crippen LogP contribution in [0.2, 0.25) is 0 Å². The van der Waals surface area contributed by atoms with Gasteiger partial charge in [-0.15, -0.1) is 0 Å². The van der Waals surface area contributed by atoms with Crippen LogP contribution in [0.1, 0.15) is 23.3 Å². The van der Waals surface area contributed by atoms with Crippen molar-refractivity contribution < 1.29 is 23.1 Å². The fourth-order valence-electron chi connectivity index (χ4n) is 5.27. The summed E-state index contributed by atoms with van der Waals surface area (Å²) in [6, 6.07) is 4.97. The molecule has 0 bridgehead atoms. The molecule has 0 aliphatic carbocycles. The number of hydrogen-bond acceptors (Lipinski definition) is 9. The van der Waals surface area contributed by atoms with Crippen LogP contribution in [0.3, 0.4) is 0 Å². The molecule has 3 aromatic rings. The molecule has 1 unspecified atom stereocenters. The molecule has 2 aliphatic heterocycles. The zero-order valence-electron chi connectivity index (χ0n) is 22.0. The summed E-state index contributed by atoms with van der Waals surface area (Å²) in [5.74, 6) is 0.0680. The molecule has 2 aromatic heterocycles. The summed E-state index contributed by atoms with van der Waals surface area (Å²) in [6.45, 7) is 2.03. The van der Waals surface area contributed by atoms with Gasteiger partial charge in [0, 0.05) is 69.3 Å². The van der Waals surface area contributed by atoms with E-state index in [-0.39, 0.29) is 35.1 Å². The molecule has 39 heavy (non-hydrogen) atoms. The predicted molar refractivity (Wildman–Crippen MR) is 142 cm³/mol. The van der Waals surface area contributed by atoms with Gasteiger partial charge in [0.1, 0.15) is 16.3 Å². The SMILES string of the molecule is CN1CC(O)CNS(=O)(=O)c2ccc(-c3cnn(C)c3)cc2OCC2(CCN(C(=O)c3cnccn3)CC2)C1.